The molecule has 1 heterocycles. The Balaban J connectivity index is 2.21. The molecular formula is C17H20F3N3O3. The van der Waals surface area contributed by atoms with Gasteiger partial charge in [-0.05, 0) is 18.6 Å². The molecule has 1 aromatic heterocycles. The molecule has 0 bridgehead atoms. The van der Waals surface area contributed by atoms with Crippen molar-refractivity contribution in [3.63, 3.8) is 0 Å². The lowest BCUT2D eigenvalue weighted by atomic mass is 10.2. The highest BCUT2D eigenvalue weighted by Gasteiger charge is 2.32. The number of hydrogen-bond acceptors (Lipinski definition) is 3. The van der Waals surface area contributed by atoms with Crippen molar-refractivity contribution in [2.75, 3.05) is 13.1 Å². The largest absolute Gasteiger partial charge is 0.406 e. The molecule has 0 spiro atoms. The Morgan fingerprint density at radius 2 is 1.92 bits per heavy atom. The van der Waals surface area contributed by atoms with E-state index in [9.17, 15) is 27.6 Å². The van der Waals surface area contributed by atoms with Gasteiger partial charge in [-0.1, -0.05) is 25.5 Å². The molecule has 0 aliphatic heterocycles. The van der Waals surface area contributed by atoms with Gasteiger partial charge in [0.1, 0.15) is 6.54 Å². The standard InChI is InChI=1S/C17H20F3N3O3/c1-2-3-9-22(11-17(18,19)20)14(24)8-10-23-13-7-5-4-6-12(13)15(25)21-16(23)26/h4-7H,2-3,8-11H2,1H3,(H,21,25,26). The average molecular weight is 371 g/mol. The molecule has 26 heavy (non-hydrogen) atoms. The SMILES string of the molecule is CCCCN(CC(F)(F)F)C(=O)CCn1c(=O)[nH]c(=O)c2ccccc21. The topological polar surface area (TPSA) is 75.2 Å². The summed E-state index contributed by atoms with van der Waals surface area (Å²) in [7, 11) is 0. The summed E-state index contributed by atoms with van der Waals surface area (Å²) in [5.41, 5.74) is -0.905. The lowest BCUT2D eigenvalue weighted by Gasteiger charge is -2.24. The maximum atomic E-state index is 12.7. The first kappa shape index (κ1) is 19.7. The quantitative estimate of drug-likeness (QED) is 0.811. The summed E-state index contributed by atoms with van der Waals surface area (Å²) in [6, 6.07) is 6.36. The van der Waals surface area contributed by atoms with Crippen molar-refractivity contribution in [3.8, 4) is 0 Å². The van der Waals surface area contributed by atoms with Crippen LogP contribution in [0.15, 0.2) is 33.9 Å². The van der Waals surface area contributed by atoms with Crippen LogP contribution in [0, 0.1) is 0 Å². The number of H-pyrrole nitrogens is 1. The molecule has 0 aliphatic rings. The molecule has 0 atom stereocenters. The third-order valence-electron chi connectivity index (χ3n) is 3.96. The van der Waals surface area contributed by atoms with E-state index in [-0.39, 0.29) is 24.9 Å². The number of halogens is 3. The summed E-state index contributed by atoms with van der Waals surface area (Å²) >= 11 is 0. The van der Waals surface area contributed by atoms with E-state index in [4.69, 9.17) is 0 Å². The number of unbranched alkanes of at least 4 members (excludes halogenated alkanes) is 1. The van der Waals surface area contributed by atoms with E-state index in [0.717, 1.165) is 4.90 Å². The normalized spacial score (nSPS) is 11.7. The van der Waals surface area contributed by atoms with Gasteiger partial charge in [0, 0.05) is 19.5 Å². The number of aromatic amines is 1. The zero-order valence-electron chi connectivity index (χ0n) is 14.3. The molecule has 2 rings (SSSR count). The number of carbonyl (C=O) groups excluding carboxylic acids is 1. The van der Waals surface area contributed by atoms with Gasteiger partial charge in [-0.3, -0.25) is 19.1 Å². The molecule has 0 aliphatic carbocycles. The molecule has 0 unspecified atom stereocenters. The predicted molar refractivity (Wildman–Crippen MR) is 91.0 cm³/mol. The van der Waals surface area contributed by atoms with Crippen LogP contribution in [0.4, 0.5) is 13.2 Å². The van der Waals surface area contributed by atoms with Crippen LogP contribution >= 0.6 is 0 Å². The predicted octanol–water partition coefficient (Wildman–Crippen LogP) is 2.27. The van der Waals surface area contributed by atoms with E-state index in [0.29, 0.717) is 18.4 Å². The van der Waals surface area contributed by atoms with Crippen molar-refractivity contribution >= 4 is 16.8 Å². The zero-order valence-corrected chi connectivity index (χ0v) is 14.3. The Kier molecular flexibility index (Phi) is 6.23. The number of hydrogen-bond donors (Lipinski definition) is 1. The Bertz CT molecular complexity index is 886. The molecule has 142 valence electrons. The van der Waals surface area contributed by atoms with Gasteiger partial charge in [0.15, 0.2) is 0 Å². The Morgan fingerprint density at radius 1 is 1.23 bits per heavy atom. The Morgan fingerprint density at radius 3 is 2.58 bits per heavy atom. The van der Waals surface area contributed by atoms with Crippen LogP contribution in [-0.4, -0.2) is 39.6 Å². The van der Waals surface area contributed by atoms with Crippen LogP contribution in [0.2, 0.25) is 0 Å². The molecule has 9 heteroatoms. The first-order valence-corrected chi connectivity index (χ1v) is 8.29. The summed E-state index contributed by atoms with van der Waals surface area (Å²) < 4.78 is 39.2. The third kappa shape index (κ3) is 4.96. The van der Waals surface area contributed by atoms with Crippen LogP contribution in [0.25, 0.3) is 10.9 Å². The summed E-state index contributed by atoms with van der Waals surface area (Å²) in [4.78, 5) is 39.0. The van der Waals surface area contributed by atoms with Gasteiger partial charge in [-0.15, -0.1) is 0 Å². The maximum Gasteiger partial charge on any atom is 0.406 e. The minimum atomic E-state index is -4.48. The first-order chi connectivity index (χ1) is 12.2. The fourth-order valence-corrected chi connectivity index (χ4v) is 2.69. The van der Waals surface area contributed by atoms with E-state index >= 15 is 0 Å². The van der Waals surface area contributed by atoms with Gasteiger partial charge < -0.3 is 4.90 Å². The third-order valence-corrected chi connectivity index (χ3v) is 3.96. The fourth-order valence-electron chi connectivity index (χ4n) is 2.69. The average Bonchev–Trinajstić information content (AvgIpc) is 2.57. The van der Waals surface area contributed by atoms with Crippen LogP contribution in [0.1, 0.15) is 26.2 Å². The number of nitrogens with zero attached hydrogens (tertiary/aromatic N) is 2. The van der Waals surface area contributed by atoms with Crippen LogP contribution in [0.5, 0.6) is 0 Å². The second kappa shape index (κ2) is 8.20. The summed E-state index contributed by atoms with van der Waals surface area (Å²) in [5.74, 6) is -0.682. The second-order valence-corrected chi connectivity index (χ2v) is 5.96. The smallest absolute Gasteiger partial charge is 0.334 e. The van der Waals surface area contributed by atoms with E-state index in [2.05, 4.69) is 4.98 Å². The van der Waals surface area contributed by atoms with Crippen molar-refractivity contribution in [1.29, 1.82) is 0 Å². The number of fused-ring (bicyclic) bond motifs is 1. The van der Waals surface area contributed by atoms with Gasteiger partial charge in [-0.25, -0.2) is 4.79 Å². The molecule has 1 N–H and O–H groups in total. The van der Waals surface area contributed by atoms with Crippen LogP contribution in [0.3, 0.4) is 0 Å². The van der Waals surface area contributed by atoms with Crippen LogP contribution < -0.4 is 11.2 Å². The second-order valence-electron chi connectivity index (χ2n) is 5.96. The Hall–Kier alpha value is -2.58. The van der Waals surface area contributed by atoms with Gasteiger partial charge in [-0.2, -0.15) is 13.2 Å². The molecular weight excluding hydrogens is 351 g/mol. The number of rotatable bonds is 7. The first-order valence-electron chi connectivity index (χ1n) is 8.29. The van der Waals surface area contributed by atoms with Crippen molar-refractivity contribution in [2.24, 2.45) is 0 Å². The highest BCUT2D eigenvalue weighted by molar-refractivity contribution is 5.79. The molecule has 0 radical (unpaired) electrons. The summed E-state index contributed by atoms with van der Waals surface area (Å²) in [6.07, 6.45) is -3.63. The lowest BCUT2D eigenvalue weighted by Crippen LogP contribution is -2.40. The molecule has 2 aromatic rings. The maximum absolute atomic E-state index is 12.7. The fraction of sp³-hybridized carbons (Fsp3) is 0.471. The van der Waals surface area contributed by atoms with E-state index in [1.807, 2.05) is 6.92 Å². The summed E-state index contributed by atoms with van der Waals surface area (Å²) in [5, 5.41) is 0.276. The van der Waals surface area contributed by atoms with Crippen molar-refractivity contribution in [3.05, 3.63) is 45.1 Å². The number of aromatic nitrogens is 2. The Labute approximate surface area is 147 Å². The van der Waals surface area contributed by atoms with Crippen molar-refractivity contribution in [2.45, 2.75) is 38.9 Å². The number of amides is 1. The highest BCUT2D eigenvalue weighted by Crippen LogP contribution is 2.18. The molecule has 1 amide bonds. The van der Waals surface area contributed by atoms with Crippen molar-refractivity contribution < 1.29 is 18.0 Å². The zero-order chi connectivity index (χ0) is 19.3. The van der Waals surface area contributed by atoms with E-state index in [1.54, 1.807) is 18.2 Å². The summed E-state index contributed by atoms with van der Waals surface area (Å²) in [6.45, 7) is 0.404. The molecule has 6 nitrogen and oxygen atoms in total. The number of nitrogens with one attached hydrogen (secondary N) is 1. The highest BCUT2D eigenvalue weighted by atomic mass is 19.4. The van der Waals surface area contributed by atoms with Crippen LogP contribution in [-0.2, 0) is 11.3 Å². The van der Waals surface area contributed by atoms with Gasteiger partial charge in [0.05, 0.1) is 10.9 Å². The lowest BCUT2D eigenvalue weighted by molar-refractivity contribution is -0.161. The molecule has 0 fully saturated rings. The molecule has 0 saturated heterocycles. The number of alkyl halides is 3. The number of benzene rings is 1. The van der Waals surface area contributed by atoms with Gasteiger partial charge >= 0.3 is 11.9 Å². The number of carbonyl (C=O) groups is 1. The van der Waals surface area contributed by atoms with E-state index < -0.39 is 29.9 Å². The van der Waals surface area contributed by atoms with Gasteiger partial charge in [0.2, 0.25) is 5.91 Å². The minimum Gasteiger partial charge on any atom is -0.334 e. The molecule has 0 saturated carbocycles. The van der Waals surface area contributed by atoms with E-state index in [1.165, 1.54) is 10.6 Å². The molecule has 1 aromatic carbocycles. The number of aryl methyl sites for hydroxylation is 1. The number of para-hydroxylation sites is 1. The van der Waals surface area contributed by atoms with Gasteiger partial charge in [0.25, 0.3) is 5.56 Å². The minimum absolute atomic E-state index is 0.0100. The van der Waals surface area contributed by atoms with Crippen molar-refractivity contribution in [1.82, 2.24) is 14.5 Å². The monoisotopic (exact) mass is 371 g/mol.